The van der Waals surface area contributed by atoms with Crippen molar-refractivity contribution in [1.29, 1.82) is 0 Å². The van der Waals surface area contributed by atoms with E-state index in [1.807, 2.05) is 0 Å². The predicted octanol–water partition coefficient (Wildman–Crippen LogP) is 2.48. The molecule has 0 aliphatic carbocycles. The molecule has 0 radical (unpaired) electrons. The molecular weight excluding hydrogens is 402 g/mol. The molecule has 1 aliphatic heterocycles. The van der Waals surface area contributed by atoms with Gasteiger partial charge >= 0.3 is 0 Å². The van der Waals surface area contributed by atoms with Crippen molar-refractivity contribution in [2.75, 3.05) is 27.1 Å². The number of ether oxygens (including phenoxy) is 4. The molecular formula is C22H25N3O6. The van der Waals surface area contributed by atoms with Gasteiger partial charge in [0.05, 0.1) is 26.5 Å². The molecule has 2 aromatic rings. The third kappa shape index (κ3) is 6.11. The van der Waals surface area contributed by atoms with E-state index < -0.39 is 11.8 Å². The van der Waals surface area contributed by atoms with Gasteiger partial charge in [0, 0.05) is 5.56 Å². The molecule has 0 saturated carbocycles. The fourth-order valence-electron chi connectivity index (χ4n) is 2.73. The van der Waals surface area contributed by atoms with Crippen LogP contribution < -0.4 is 29.7 Å². The van der Waals surface area contributed by atoms with E-state index in [1.165, 1.54) is 6.21 Å². The van der Waals surface area contributed by atoms with Crippen LogP contribution in [-0.4, -0.2) is 45.1 Å². The van der Waals surface area contributed by atoms with E-state index in [1.54, 1.807) is 43.5 Å². The number of methoxy groups -OCH3 is 1. The zero-order valence-electron chi connectivity index (χ0n) is 17.5. The van der Waals surface area contributed by atoms with Crippen LogP contribution in [0.25, 0.3) is 0 Å². The fourth-order valence-corrected chi connectivity index (χ4v) is 2.73. The summed E-state index contributed by atoms with van der Waals surface area (Å²) in [6.07, 6.45) is 3.49. The number of rotatable bonds is 10. The average molecular weight is 427 g/mol. The molecule has 31 heavy (non-hydrogen) atoms. The number of nitrogens with one attached hydrogen (secondary N) is 2. The van der Waals surface area contributed by atoms with Crippen LogP contribution in [0.1, 0.15) is 35.7 Å². The molecule has 1 aliphatic rings. The molecule has 1 heterocycles. The second-order valence-corrected chi connectivity index (χ2v) is 6.66. The van der Waals surface area contributed by atoms with Crippen LogP contribution in [0.2, 0.25) is 0 Å². The number of benzene rings is 2. The Labute approximate surface area is 180 Å². The van der Waals surface area contributed by atoms with Crippen molar-refractivity contribution in [1.82, 2.24) is 10.7 Å². The maximum atomic E-state index is 12.2. The molecule has 9 heteroatoms. The van der Waals surface area contributed by atoms with Crippen molar-refractivity contribution in [2.45, 2.75) is 19.8 Å². The highest BCUT2D eigenvalue weighted by molar-refractivity contribution is 5.97. The summed E-state index contributed by atoms with van der Waals surface area (Å²) in [6.45, 7) is 2.62. The minimum Gasteiger partial charge on any atom is -0.493 e. The number of carbonyl (C=O) groups excluding carboxylic acids is 2. The molecule has 2 amide bonds. The Balaban J connectivity index is 1.47. The van der Waals surface area contributed by atoms with Crippen LogP contribution in [-0.2, 0) is 4.79 Å². The van der Waals surface area contributed by atoms with E-state index in [0.29, 0.717) is 35.2 Å². The second kappa shape index (κ2) is 10.9. The lowest BCUT2D eigenvalue weighted by atomic mass is 10.2. The normalized spacial score (nSPS) is 11.9. The third-order valence-corrected chi connectivity index (χ3v) is 4.39. The average Bonchev–Trinajstić information content (AvgIpc) is 3.26. The Morgan fingerprint density at radius 2 is 1.97 bits per heavy atom. The van der Waals surface area contributed by atoms with Crippen LogP contribution in [0.3, 0.4) is 0 Å². The highest BCUT2D eigenvalue weighted by Crippen LogP contribution is 2.32. The maximum absolute atomic E-state index is 12.2. The van der Waals surface area contributed by atoms with E-state index in [4.69, 9.17) is 18.9 Å². The van der Waals surface area contributed by atoms with Crippen LogP contribution >= 0.6 is 0 Å². The summed E-state index contributed by atoms with van der Waals surface area (Å²) in [5.41, 5.74) is 3.47. The molecule has 0 spiro atoms. The van der Waals surface area contributed by atoms with Crippen LogP contribution in [0.15, 0.2) is 41.5 Å². The summed E-state index contributed by atoms with van der Waals surface area (Å²) in [6, 6.07) is 10.2. The van der Waals surface area contributed by atoms with Crippen molar-refractivity contribution >= 4 is 18.0 Å². The quantitative estimate of drug-likeness (QED) is 0.343. The Morgan fingerprint density at radius 3 is 2.77 bits per heavy atom. The lowest BCUT2D eigenvalue weighted by Gasteiger charge is -2.10. The number of carbonyl (C=O) groups is 2. The van der Waals surface area contributed by atoms with Gasteiger partial charge in [-0.3, -0.25) is 9.59 Å². The van der Waals surface area contributed by atoms with Gasteiger partial charge in [0.25, 0.3) is 11.8 Å². The number of fused-ring (bicyclic) bond motifs is 1. The lowest BCUT2D eigenvalue weighted by Crippen LogP contribution is -2.34. The summed E-state index contributed by atoms with van der Waals surface area (Å²) in [5, 5.41) is 6.44. The smallest absolute Gasteiger partial charge is 0.259 e. The van der Waals surface area contributed by atoms with Gasteiger partial charge in [-0.1, -0.05) is 13.3 Å². The van der Waals surface area contributed by atoms with Crippen molar-refractivity contribution in [3.8, 4) is 23.0 Å². The molecule has 0 atom stereocenters. The highest BCUT2D eigenvalue weighted by Gasteiger charge is 2.16. The molecule has 164 valence electrons. The standard InChI is InChI=1S/C22H25N3O6/c1-3-4-9-29-17-7-5-15(10-19(17)28-2)12-24-25-21(26)13-23-22(27)16-6-8-18-20(11-16)31-14-30-18/h5-8,10-12H,3-4,9,13-14H2,1-2H3,(H,23,27)(H,25,26)/b24-12+. The fraction of sp³-hybridized carbons (Fsp3) is 0.318. The van der Waals surface area contributed by atoms with E-state index in [9.17, 15) is 9.59 Å². The van der Waals surface area contributed by atoms with E-state index in [2.05, 4.69) is 22.8 Å². The molecule has 0 bridgehead atoms. The minimum atomic E-state index is -0.461. The van der Waals surface area contributed by atoms with Crippen molar-refractivity contribution < 1.29 is 28.5 Å². The number of hydrazone groups is 1. The summed E-state index contributed by atoms with van der Waals surface area (Å²) >= 11 is 0. The molecule has 2 aromatic carbocycles. The Kier molecular flexibility index (Phi) is 7.69. The molecule has 0 aromatic heterocycles. The number of hydrogen-bond acceptors (Lipinski definition) is 7. The number of hydrogen-bond donors (Lipinski definition) is 2. The number of amides is 2. The zero-order valence-corrected chi connectivity index (χ0v) is 17.5. The van der Waals surface area contributed by atoms with Gasteiger partial charge in [0.2, 0.25) is 6.79 Å². The highest BCUT2D eigenvalue weighted by atomic mass is 16.7. The topological polar surface area (TPSA) is 107 Å². The van der Waals surface area contributed by atoms with E-state index in [-0.39, 0.29) is 13.3 Å². The number of unbranched alkanes of at least 4 members (excludes halogenated alkanes) is 1. The minimum absolute atomic E-state index is 0.126. The molecule has 0 fully saturated rings. The summed E-state index contributed by atoms with van der Waals surface area (Å²) < 4.78 is 21.5. The molecule has 0 unspecified atom stereocenters. The van der Waals surface area contributed by atoms with Gasteiger partial charge < -0.3 is 24.3 Å². The molecule has 3 rings (SSSR count). The van der Waals surface area contributed by atoms with Crippen molar-refractivity contribution in [2.24, 2.45) is 5.10 Å². The SMILES string of the molecule is CCCCOc1ccc(/C=N/NC(=O)CNC(=O)c2ccc3c(c2)OCO3)cc1OC. The summed E-state index contributed by atoms with van der Waals surface area (Å²) in [5.74, 6) is 1.46. The number of nitrogens with zero attached hydrogens (tertiary/aromatic N) is 1. The predicted molar refractivity (Wildman–Crippen MR) is 114 cm³/mol. The Bertz CT molecular complexity index is 960. The Hall–Kier alpha value is -3.75. The van der Waals surface area contributed by atoms with Crippen LogP contribution in [0.4, 0.5) is 0 Å². The van der Waals surface area contributed by atoms with E-state index in [0.717, 1.165) is 18.4 Å². The van der Waals surface area contributed by atoms with Gasteiger partial charge in [0.15, 0.2) is 23.0 Å². The summed E-state index contributed by atoms with van der Waals surface area (Å²) in [4.78, 5) is 24.1. The van der Waals surface area contributed by atoms with Crippen molar-refractivity contribution in [3.05, 3.63) is 47.5 Å². The third-order valence-electron chi connectivity index (χ3n) is 4.39. The first kappa shape index (κ1) is 21.9. The second-order valence-electron chi connectivity index (χ2n) is 6.66. The van der Waals surface area contributed by atoms with Crippen LogP contribution in [0.5, 0.6) is 23.0 Å². The Morgan fingerprint density at radius 1 is 1.13 bits per heavy atom. The van der Waals surface area contributed by atoms with Gasteiger partial charge in [-0.05, 0) is 48.4 Å². The van der Waals surface area contributed by atoms with Gasteiger partial charge in [-0.25, -0.2) is 5.43 Å². The van der Waals surface area contributed by atoms with Crippen molar-refractivity contribution in [3.63, 3.8) is 0 Å². The van der Waals surface area contributed by atoms with Crippen LogP contribution in [0, 0.1) is 0 Å². The van der Waals surface area contributed by atoms with Gasteiger partial charge in [-0.2, -0.15) is 5.10 Å². The van der Waals surface area contributed by atoms with Gasteiger partial charge in [0.1, 0.15) is 0 Å². The molecule has 9 nitrogen and oxygen atoms in total. The molecule has 0 saturated heterocycles. The zero-order chi connectivity index (χ0) is 22.1. The first-order chi connectivity index (χ1) is 15.1. The molecule has 2 N–H and O–H groups in total. The monoisotopic (exact) mass is 427 g/mol. The summed E-state index contributed by atoms with van der Waals surface area (Å²) in [7, 11) is 1.56. The first-order valence-corrected chi connectivity index (χ1v) is 9.91. The largest absolute Gasteiger partial charge is 0.493 e. The van der Waals surface area contributed by atoms with E-state index >= 15 is 0 Å². The lowest BCUT2D eigenvalue weighted by molar-refractivity contribution is -0.120. The van der Waals surface area contributed by atoms with Gasteiger partial charge in [-0.15, -0.1) is 0 Å². The maximum Gasteiger partial charge on any atom is 0.259 e. The first-order valence-electron chi connectivity index (χ1n) is 9.91.